The van der Waals surface area contributed by atoms with Crippen molar-refractivity contribution in [3.63, 3.8) is 0 Å². The van der Waals surface area contributed by atoms with Crippen molar-refractivity contribution >= 4 is 26.7 Å². The lowest BCUT2D eigenvalue weighted by atomic mass is 10.2. The molecule has 0 N–H and O–H groups in total. The van der Waals surface area contributed by atoms with Crippen molar-refractivity contribution < 1.29 is 8.95 Å². The fourth-order valence-electron chi connectivity index (χ4n) is 1.58. The summed E-state index contributed by atoms with van der Waals surface area (Å²) in [7, 11) is 0.600. The topological polar surface area (TPSA) is 26.3 Å². The van der Waals surface area contributed by atoms with Gasteiger partial charge in [-0.15, -0.1) is 0 Å². The lowest BCUT2D eigenvalue weighted by Crippen LogP contribution is -1.96. The predicted molar refractivity (Wildman–Crippen MR) is 77.2 cm³/mol. The van der Waals surface area contributed by atoms with Gasteiger partial charge in [-0.25, -0.2) is 0 Å². The van der Waals surface area contributed by atoms with Crippen molar-refractivity contribution in [1.82, 2.24) is 0 Å². The molecule has 0 radical (unpaired) electrons. The van der Waals surface area contributed by atoms with Crippen LogP contribution in [-0.2, 0) is 16.6 Å². The zero-order valence-electron chi connectivity index (χ0n) is 9.93. The number of ether oxygens (including phenoxy) is 1. The predicted octanol–water partition coefficient (Wildman–Crippen LogP) is 3.77. The molecule has 0 amide bonds. The highest BCUT2D eigenvalue weighted by molar-refractivity contribution is 9.10. The van der Waals surface area contributed by atoms with Gasteiger partial charge in [0.2, 0.25) is 0 Å². The first-order valence-electron chi connectivity index (χ1n) is 5.46. The standard InChI is InChI=1S/C14H13BrO2S/c1-17-13-4-2-3-11(9-13)10-18(16)14-7-5-12(15)6-8-14/h2-9H,10H2,1H3/t18-/m1/s1. The van der Waals surface area contributed by atoms with Gasteiger partial charge < -0.3 is 4.74 Å². The summed E-state index contributed by atoms with van der Waals surface area (Å²) in [6.07, 6.45) is 0. The fourth-order valence-corrected chi connectivity index (χ4v) is 2.94. The van der Waals surface area contributed by atoms with E-state index < -0.39 is 10.8 Å². The van der Waals surface area contributed by atoms with E-state index in [2.05, 4.69) is 15.9 Å². The minimum atomic E-state index is -1.03. The summed E-state index contributed by atoms with van der Waals surface area (Å²) in [4.78, 5) is 0.834. The molecule has 0 spiro atoms. The maximum Gasteiger partial charge on any atom is 0.119 e. The lowest BCUT2D eigenvalue weighted by molar-refractivity contribution is 0.414. The molecule has 2 aromatic rings. The number of benzene rings is 2. The zero-order chi connectivity index (χ0) is 13.0. The van der Waals surface area contributed by atoms with Crippen molar-refractivity contribution in [3.05, 3.63) is 58.6 Å². The number of hydrogen-bond acceptors (Lipinski definition) is 2. The minimum absolute atomic E-state index is 0.499. The molecule has 0 fully saturated rings. The van der Waals surface area contributed by atoms with Crippen LogP contribution in [0.3, 0.4) is 0 Å². The highest BCUT2D eigenvalue weighted by Gasteiger charge is 2.05. The Hall–Kier alpha value is -1.13. The van der Waals surface area contributed by atoms with E-state index in [1.807, 2.05) is 48.5 Å². The van der Waals surface area contributed by atoms with E-state index >= 15 is 0 Å². The van der Waals surface area contributed by atoms with Crippen molar-refractivity contribution in [3.8, 4) is 5.75 Å². The van der Waals surface area contributed by atoms with Gasteiger partial charge in [-0.05, 0) is 42.0 Å². The van der Waals surface area contributed by atoms with Crippen LogP contribution in [0.1, 0.15) is 5.56 Å². The third-order valence-electron chi connectivity index (χ3n) is 2.51. The molecular formula is C14H13BrO2S. The first-order chi connectivity index (χ1) is 8.69. The summed E-state index contributed by atoms with van der Waals surface area (Å²) in [6, 6.07) is 15.2. The molecule has 2 aromatic carbocycles. The molecular weight excluding hydrogens is 312 g/mol. The minimum Gasteiger partial charge on any atom is -0.497 e. The lowest BCUT2D eigenvalue weighted by Gasteiger charge is -2.05. The molecule has 0 bridgehead atoms. The van der Waals surface area contributed by atoms with E-state index in [-0.39, 0.29) is 0 Å². The molecule has 0 saturated carbocycles. The molecule has 2 nitrogen and oxygen atoms in total. The zero-order valence-corrected chi connectivity index (χ0v) is 12.3. The Balaban J connectivity index is 2.13. The molecule has 94 valence electrons. The molecule has 18 heavy (non-hydrogen) atoms. The van der Waals surface area contributed by atoms with Gasteiger partial charge in [0.05, 0.1) is 23.7 Å². The van der Waals surface area contributed by atoms with E-state index in [1.165, 1.54) is 0 Å². The van der Waals surface area contributed by atoms with Crippen LogP contribution in [0.2, 0.25) is 0 Å². The second kappa shape index (κ2) is 6.16. The highest BCUT2D eigenvalue weighted by Crippen LogP contribution is 2.18. The van der Waals surface area contributed by atoms with Gasteiger partial charge in [0.1, 0.15) is 5.75 Å². The number of halogens is 1. The Kier molecular flexibility index (Phi) is 4.55. The second-order valence-corrected chi connectivity index (χ2v) is 6.16. The highest BCUT2D eigenvalue weighted by atomic mass is 79.9. The summed E-state index contributed by atoms with van der Waals surface area (Å²) in [6.45, 7) is 0. The maximum atomic E-state index is 12.2. The third-order valence-corrected chi connectivity index (χ3v) is 4.43. The van der Waals surface area contributed by atoms with Crippen LogP contribution < -0.4 is 4.74 Å². The average Bonchev–Trinajstić information content (AvgIpc) is 2.39. The molecule has 0 aromatic heterocycles. The van der Waals surface area contributed by atoms with Gasteiger partial charge in [0.15, 0.2) is 0 Å². The van der Waals surface area contributed by atoms with Crippen molar-refractivity contribution in [1.29, 1.82) is 0 Å². The molecule has 0 aliphatic heterocycles. The van der Waals surface area contributed by atoms with Gasteiger partial charge in [0.25, 0.3) is 0 Å². The molecule has 0 heterocycles. The SMILES string of the molecule is COc1cccc(C[S@@](=O)c2ccc(Br)cc2)c1. The summed E-state index contributed by atoms with van der Waals surface area (Å²) in [5.74, 6) is 1.29. The average molecular weight is 325 g/mol. The normalized spacial score (nSPS) is 12.1. The van der Waals surface area contributed by atoms with Crippen LogP contribution >= 0.6 is 15.9 Å². The smallest absolute Gasteiger partial charge is 0.119 e. The van der Waals surface area contributed by atoms with Crippen LogP contribution in [-0.4, -0.2) is 11.3 Å². The van der Waals surface area contributed by atoms with Gasteiger partial charge in [-0.3, -0.25) is 4.21 Å². The van der Waals surface area contributed by atoms with Crippen LogP contribution in [0.5, 0.6) is 5.75 Å². The quantitative estimate of drug-likeness (QED) is 0.855. The summed E-state index contributed by atoms with van der Waals surface area (Å²) < 4.78 is 18.3. The number of methoxy groups -OCH3 is 1. The monoisotopic (exact) mass is 324 g/mol. The van der Waals surface area contributed by atoms with Crippen LogP contribution in [0.15, 0.2) is 57.9 Å². The van der Waals surface area contributed by atoms with E-state index in [9.17, 15) is 4.21 Å². The van der Waals surface area contributed by atoms with E-state index in [0.717, 1.165) is 20.7 Å². The molecule has 2 rings (SSSR count). The first kappa shape index (κ1) is 13.3. The summed E-state index contributed by atoms with van der Waals surface area (Å²) in [5.41, 5.74) is 1.01. The summed E-state index contributed by atoms with van der Waals surface area (Å²) in [5, 5.41) is 0. The van der Waals surface area contributed by atoms with Crippen LogP contribution in [0.25, 0.3) is 0 Å². The Labute approximate surface area is 118 Å². The first-order valence-corrected chi connectivity index (χ1v) is 7.57. The molecule has 1 atom stereocenters. The Morgan fingerprint density at radius 3 is 2.56 bits per heavy atom. The largest absolute Gasteiger partial charge is 0.497 e. The Morgan fingerprint density at radius 1 is 1.17 bits per heavy atom. The number of rotatable bonds is 4. The van der Waals surface area contributed by atoms with Gasteiger partial charge in [0, 0.05) is 9.37 Å². The molecule has 0 saturated heterocycles. The van der Waals surface area contributed by atoms with Crippen LogP contribution in [0.4, 0.5) is 0 Å². The van der Waals surface area contributed by atoms with Crippen molar-refractivity contribution in [2.24, 2.45) is 0 Å². The third kappa shape index (κ3) is 3.43. The van der Waals surface area contributed by atoms with Gasteiger partial charge in [-0.2, -0.15) is 0 Å². The molecule has 0 aliphatic carbocycles. The van der Waals surface area contributed by atoms with Crippen molar-refractivity contribution in [2.45, 2.75) is 10.6 Å². The van der Waals surface area contributed by atoms with Crippen molar-refractivity contribution in [2.75, 3.05) is 7.11 Å². The number of hydrogen-bond donors (Lipinski definition) is 0. The molecule has 0 unspecified atom stereocenters. The van der Waals surface area contributed by atoms with E-state index in [1.54, 1.807) is 7.11 Å². The molecule has 0 aliphatic rings. The van der Waals surface area contributed by atoms with Crippen LogP contribution in [0, 0.1) is 0 Å². The van der Waals surface area contributed by atoms with E-state index in [4.69, 9.17) is 4.74 Å². The van der Waals surface area contributed by atoms with Gasteiger partial charge in [-0.1, -0.05) is 28.1 Å². The van der Waals surface area contributed by atoms with Gasteiger partial charge >= 0.3 is 0 Å². The maximum absolute atomic E-state index is 12.2. The molecule has 4 heteroatoms. The van der Waals surface area contributed by atoms with E-state index in [0.29, 0.717) is 5.75 Å². The Morgan fingerprint density at radius 2 is 1.89 bits per heavy atom. The second-order valence-electron chi connectivity index (χ2n) is 3.80. The Bertz CT molecular complexity index is 552. The fraction of sp³-hybridized carbons (Fsp3) is 0.143. The summed E-state index contributed by atoms with van der Waals surface area (Å²) >= 11 is 3.36.